The summed E-state index contributed by atoms with van der Waals surface area (Å²) in [4.78, 5) is 23.4. The number of hydrazone groups is 1. The fourth-order valence-corrected chi connectivity index (χ4v) is 3.32. The molecule has 0 unspecified atom stereocenters. The molecule has 1 aliphatic carbocycles. The van der Waals surface area contributed by atoms with Crippen LogP contribution in [-0.2, 0) is 6.42 Å². The Morgan fingerprint density at radius 1 is 1.27 bits per heavy atom. The Kier molecular flexibility index (Phi) is 7.49. The van der Waals surface area contributed by atoms with Crippen LogP contribution in [0.5, 0.6) is 0 Å². The Hall–Kier alpha value is -0.674. The molecule has 1 amide bonds. The summed E-state index contributed by atoms with van der Waals surface area (Å²) in [6.07, 6.45) is 1.94. The van der Waals surface area contributed by atoms with Crippen molar-refractivity contribution in [1.29, 1.82) is 0 Å². The Morgan fingerprint density at radius 2 is 2.00 bits per heavy atom. The summed E-state index contributed by atoms with van der Waals surface area (Å²) < 4.78 is 5.36. The predicted molar refractivity (Wildman–Crippen MR) is 91.2 cm³/mol. The quantitative estimate of drug-likeness (QED) is 0.548. The van der Waals surface area contributed by atoms with E-state index in [1.807, 2.05) is 0 Å². The van der Waals surface area contributed by atoms with Crippen LogP contribution < -0.4 is 61.9 Å². The fourth-order valence-electron chi connectivity index (χ4n) is 2.83. The van der Waals surface area contributed by atoms with Crippen LogP contribution in [0.1, 0.15) is 50.6 Å². The van der Waals surface area contributed by atoms with Gasteiger partial charge in [-0.1, -0.05) is 23.2 Å². The van der Waals surface area contributed by atoms with Crippen LogP contribution in [-0.4, -0.2) is 17.6 Å². The number of carbonyl (C=O) groups excluding carboxylic acids is 2. The van der Waals surface area contributed by atoms with Crippen LogP contribution in [0.2, 0.25) is 10.0 Å². The monoisotopic (exact) mass is 418 g/mol. The molecule has 1 N–H and O–H groups in total. The molecule has 0 fully saturated rings. The van der Waals surface area contributed by atoms with E-state index < -0.39 is 11.9 Å². The van der Waals surface area contributed by atoms with Crippen molar-refractivity contribution in [1.82, 2.24) is 5.43 Å². The van der Waals surface area contributed by atoms with Gasteiger partial charge in [-0.05, 0) is 38.0 Å². The zero-order valence-electron chi connectivity index (χ0n) is 14.2. The van der Waals surface area contributed by atoms with Crippen molar-refractivity contribution < 1.29 is 70.5 Å². The van der Waals surface area contributed by atoms with Gasteiger partial charge in [-0.3, -0.25) is 4.79 Å². The van der Waals surface area contributed by atoms with Crippen molar-refractivity contribution in [3.8, 4) is 0 Å². The second kappa shape index (κ2) is 9.01. The summed E-state index contributed by atoms with van der Waals surface area (Å²) in [6, 6.07) is 4.53. The maximum Gasteiger partial charge on any atom is 1.00 e. The molecule has 1 heterocycles. The van der Waals surface area contributed by atoms with Gasteiger partial charge in [0.15, 0.2) is 5.76 Å². The second-order valence-electron chi connectivity index (χ2n) is 5.62. The minimum absolute atomic E-state index is 0. The number of hydrogen-bond acceptors (Lipinski definition) is 5. The number of furan rings is 1. The van der Waals surface area contributed by atoms with E-state index in [1.54, 1.807) is 13.0 Å². The third kappa shape index (κ3) is 4.41. The molecular weight excluding hydrogens is 406 g/mol. The predicted octanol–water partition coefficient (Wildman–Crippen LogP) is -0.267. The van der Waals surface area contributed by atoms with E-state index in [-0.39, 0.29) is 67.7 Å². The van der Waals surface area contributed by atoms with Gasteiger partial charge in [0.25, 0.3) is 5.91 Å². The SMILES string of the molecule is Cc1c(C(=O)[O-])oc2c1/C(=N/NC(=O)c1ccc(Cl)cc1Cl)CCC2.[K+]. The molecule has 1 aromatic heterocycles. The number of hydrogen-bond donors (Lipinski definition) is 1. The van der Waals surface area contributed by atoms with Gasteiger partial charge in [0.1, 0.15) is 11.7 Å². The molecule has 3 rings (SSSR count). The number of carboxylic acid groups (broad SMARTS) is 1. The minimum atomic E-state index is -1.37. The van der Waals surface area contributed by atoms with Gasteiger partial charge >= 0.3 is 51.4 Å². The molecule has 0 atom stereocenters. The summed E-state index contributed by atoms with van der Waals surface area (Å²) in [7, 11) is 0. The van der Waals surface area contributed by atoms with Gasteiger partial charge in [-0.25, -0.2) is 5.43 Å². The molecule has 0 radical (unpaired) electrons. The Bertz CT molecular complexity index is 908. The van der Waals surface area contributed by atoms with E-state index in [4.69, 9.17) is 27.6 Å². The number of aryl methyl sites for hydroxylation is 1. The van der Waals surface area contributed by atoms with Crippen molar-refractivity contribution in [2.24, 2.45) is 5.10 Å². The van der Waals surface area contributed by atoms with Crippen LogP contribution in [0.25, 0.3) is 0 Å². The molecule has 1 aliphatic rings. The zero-order chi connectivity index (χ0) is 18.1. The molecule has 26 heavy (non-hydrogen) atoms. The smallest absolute Gasteiger partial charge is 0.542 e. The fraction of sp³-hybridized carbons (Fsp3) is 0.235. The Labute approximate surface area is 202 Å². The maximum atomic E-state index is 12.3. The number of carbonyl (C=O) groups is 2. The third-order valence-corrected chi connectivity index (χ3v) is 4.53. The van der Waals surface area contributed by atoms with E-state index in [0.29, 0.717) is 40.5 Å². The maximum absolute atomic E-state index is 12.3. The Balaban J connectivity index is 0.00000243. The number of fused-ring (bicyclic) bond motifs is 1. The first kappa shape index (κ1) is 21.6. The van der Waals surface area contributed by atoms with Gasteiger partial charge in [0.05, 0.1) is 16.3 Å². The van der Waals surface area contributed by atoms with E-state index >= 15 is 0 Å². The van der Waals surface area contributed by atoms with Crippen LogP contribution >= 0.6 is 23.2 Å². The first-order valence-electron chi connectivity index (χ1n) is 7.54. The van der Waals surface area contributed by atoms with Gasteiger partial charge in [0, 0.05) is 22.6 Å². The minimum Gasteiger partial charge on any atom is -0.542 e. The largest absolute Gasteiger partial charge is 1.00 e. The molecule has 2 aromatic rings. The molecule has 9 heteroatoms. The summed E-state index contributed by atoms with van der Waals surface area (Å²) in [6.45, 7) is 1.63. The van der Waals surface area contributed by atoms with Crippen molar-refractivity contribution >= 4 is 40.8 Å². The number of aromatic carboxylic acids is 1. The van der Waals surface area contributed by atoms with Crippen LogP contribution in [0.4, 0.5) is 0 Å². The summed E-state index contributed by atoms with van der Waals surface area (Å²) >= 11 is 11.8. The van der Waals surface area contributed by atoms with Crippen LogP contribution in [0.15, 0.2) is 27.7 Å². The van der Waals surface area contributed by atoms with Crippen LogP contribution in [0.3, 0.4) is 0 Å². The topological polar surface area (TPSA) is 94.7 Å². The number of amides is 1. The third-order valence-electron chi connectivity index (χ3n) is 3.98. The van der Waals surface area contributed by atoms with Gasteiger partial charge in [0.2, 0.25) is 0 Å². The van der Waals surface area contributed by atoms with E-state index in [0.717, 1.165) is 6.42 Å². The van der Waals surface area contributed by atoms with Gasteiger partial charge in [-0.2, -0.15) is 5.10 Å². The molecule has 1 aromatic carbocycles. The van der Waals surface area contributed by atoms with E-state index in [9.17, 15) is 14.7 Å². The summed E-state index contributed by atoms with van der Waals surface area (Å²) in [5, 5.41) is 15.9. The van der Waals surface area contributed by atoms with Crippen molar-refractivity contribution in [3.63, 3.8) is 0 Å². The van der Waals surface area contributed by atoms with Crippen LogP contribution in [0, 0.1) is 6.92 Å². The Morgan fingerprint density at radius 3 is 2.65 bits per heavy atom. The average Bonchev–Trinajstić information content (AvgIpc) is 2.90. The summed E-state index contributed by atoms with van der Waals surface area (Å²) in [5.41, 5.74) is 4.33. The zero-order valence-corrected chi connectivity index (χ0v) is 18.8. The number of halogens is 2. The van der Waals surface area contributed by atoms with Crippen molar-refractivity contribution in [2.45, 2.75) is 26.2 Å². The van der Waals surface area contributed by atoms with Gasteiger partial charge < -0.3 is 14.3 Å². The molecule has 6 nitrogen and oxygen atoms in total. The molecule has 0 aliphatic heterocycles. The molecule has 0 bridgehead atoms. The van der Waals surface area contributed by atoms with E-state index in [2.05, 4.69) is 10.5 Å². The van der Waals surface area contributed by atoms with Crippen molar-refractivity contribution in [3.05, 3.63) is 56.5 Å². The second-order valence-corrected chi connectivity index (χ2v) is 6.46. The van der Waals surface area contributed by atoms with E-state index in [1.165, 1.54) is 12.1 Å². The normalized spacial score (nSPS) is 14.5. The summed E-state index contributed by atoms with van der Waals surface area (Å²) in [5.74, 6) is -1.52. The first-order valence-corrected chi connectivity index (χ1v) is 8.30. The first-order chi connectivity index (χ1) is 11.9. The molecular formula is C17H13Cl2KN2O4. The van der Waals surface area contributed by atoms with Gasteiger partial charge in [-0.15, -0.1) is 0 Å². The number of benzene rings is 1. The molecule has 0 spiro atoms. The number of nitrogens with one attached hydrogen (secondary N) is 1. The number of nitrogens with zero attached hydrogens (tertiary/aromatic N) is 1. The number of carboxylic acids is 1. The average molecular weight is 419 g/mol. The molecule has 0 saturated carbocycles. The van der Waals surface area contributed by atoms with Crippen molar-refractivity contribution in [2.75, 3.05) is 0 Å². The molecule has 130 valence electrons. The standard InChI is InChI=1S/C17H14Cl2N2O4.K/c1-8-14-12(3-2-4-13(14)25-15(8)17(23)24)20-21-16(22)10-6-5-9(18)7-11(10)19;/h5-7H,2-4H2,1H3,(H,21,22)(H,23,24);/q;+1/p-1/b20-12+;. The number of rotatable bonds is 3. The molecule has 0 saturated heterocycles.